The van der Waals surface area contributed by atoms with Gasteiger partial charge in [-0.15, -0.1) is 0 Å². The van der Waals surface area contributed by atoms with Crippen molar-refractivity contribution in [2.75, 3.05) is 25.5 Å². The average Bonchev–Trinajstić information content (AvgIpc) is 2.68. The van der Waals surface area contributed by atoms with E-state index in [1.165, 1.54) is 20.3 Å². The van der Waals surface area contributed by atoms with Crippen LogP contribution in [0.25, 0.3) is 0 Å². The Bertz CT molecular complexity index is 928. The van der Waals surface area contributed by atoms with Crippen molar-refractivity contribution in [2.24, 2.45) is 0 Å². The molecule has 0 atom stereocenters. The number of sulfonamides is 1. The Balaban J connectivity index is 2.03. The van der Waals surface area contributed by atoms with Crippen molar-refractivity contribution in [3.63, 3.8) is 0 Å². The van der Waals surface area contributed by atoms with Crippen LogP contribution in [0.1, 0.15) is 19.4 Å². The lowest BCUT2D eigenvalue weighted by molar-refractivity contribution is 0.238. The molecule has 2 rings (SSSR count). The van der Waals surface area contributed by atoms with E-state index in [-0.39, 0.29) is 22.7 Å². The predicted molar refractivity (Wildman–Crippen MR) is 112 cm³/mol. The Morgan fingerprint density at radius 3 is 2.31 bits per heavy atom. The molecule has 0 aliphatic carbocycles. The number of rotatable bonds is 9. The van der Waals surface area contributed by atoms with Crippen molar-refractivity contribution in [1.29, 1.82) is 0 Å². The predicted octanol–water partition coefficient (Wildman–Crippen LogP) is 2.75. The van der Waals surface area contributed by atoms with E-state index >= 15 is 0 Å². The maximum atomic E-state index is 12.8. The standard InChI is InChI=1S/C20H27N3O5S/c1-14(2)22-20(24)21-12-11-15-5-7-16(8-6-15)23-29(25,26)19-13-17(27-3)9-10-18(19)28-4/h5-10,13-14,23H,11-12H2,1-4H3,(H2,21,22,24). The number of carbonyl (C=O) groups is 1. The van der Waals surface area contributed by atoms with E-state index in [9.17, 15) is 13.2 Å². The Kier molecular flexibility index (Phi) is 7.72. The van der Waals surface area contributed by atoms with Crippen molar-refractivity contribution in [3.05, 3.63) is 48.0 Å². The first kappa shape index (κ1) is 22.4. The molecule has 0 radical (unpaired) electrons. The molecule has 3 N–H and O–H groups in total. The lowest BCUT2D eigenvalue weighted by atomic mass is 10.1. The fourth-order valence-electron chi connectivity index (χ4n) is 2.58. The topological polar surface area (TPSA) is 106 Å². The summed E-state index contributed by atoms with van der Waals surface area (Å²) in [4.78, 5) is 11.6. The normalized spacial score (nSPS) is 11.1. The van der Waals surface area contributed by atoms with E-state index in [0.717, 1.165) is 5.56 Å². The van der Waals surface area contributed by atoms with Crippen LogP contribution in [0.4, 0.5) is 10.5 Å². The van der Waals surface area contributed by atoms with Crippen LogP contribution in [0.15, 0.2) is 47.4 Å². The van der Waals surface area contributed by atoms with Crippen LogP contribution in [-0.4, -0.2) is 41.3 Å². The van der Waals surface area contributed by atoms with Gasteiger partial charge < -0.3 is 20.1 Å². The van der Waals surface area contributed by atoms with Gasteiger partial charge in [0.25, 0.3) is 10.0 Å². The Morgan fingerprint density at radius 1 is 1.03 bits per heavy atom. The summed E-state index contributed by atoms with van der Waals surface area (Å²) in [6, 6.07) is 11.4. The van der Waals surface area contributed by atoms with Crippen LogP contribution in [0, 0.1) is 0 Å². The molecule has 0 saturated heterocycles. The minimum absolute atomic E-state index is 0.0104. The van der Waals surface area contributed by atoms with Gasteiger partial charge in [0.1, 0.15) is 16.4 Å². The second-order valence-electron chi connectivity index (χ2n) is 6.62. The SMILES string of the molecule is COc1ccc(OC)c(S(=O)(=O)Nc2ccc(CCNC(=O)NC(C)C)cc2)c1. The van der Waals surface area contributed by atoms with Crippen LogP contribution in [0.2, 0.25) is 0 Å². The van der Waals surface area contributed by atoms with E-state index in [0.29, 0.717) is 24.4 Å². The monoisotopic (exact) mass is 421 g/mol. The summed E-state index contributed by atoms with van der Waals surface area (Å²) < 4.78 is 38.3. The highest BCUT2D eigenvalue weighted by Crippen LogP contribution is 2.29. The largest absolute Gasteiger partial charge is 0.497 e. The van der Waals surface area contributed by atoms with Crippen LogP contribution in [0.3, 0.4) is 0 Å². The number of benzene rings is 2. The molecule has 0 bridgehead atoms. The second kappa shape index (κ2) is 10.0. The molecule has 0 unspecified atom stereocenters. The number of amides is 2. The molecule has 9 heteroatoms. The van der Waals surface area contributed by atoms with Crippen LogP contribution >= 0.6 is 0 Å². The summed E-state index contributed by atoms with van der Waals surface area (Å²) in [6.07, 6.45) is 0.627. The highest BCUT2D eigenvalue weighted by molar-refractivity contribution is 7.92. The second-order valence-corrected chi connectivity index (χ2v) is 8.27. The quantitative estimate of drug-likeness (QED) is 0.577. The summed E-state index contributed by atoms with van der Waals surface area (Å²) in [5.41, 5.74) is 1.39. The Hall–Kier alpha value is -2.94. The van der Waals surface area contributed by atoms with Crippen LogP contribution < -0.4 is 24.8 Å². The summed E-state index contributed by atoms with van der Waals surface area (Å²) in [6.45, 7) is 4.26. The van der Waals surface area contributed by atoms with Gasteiger partial charge in [0.15, 0.2) is 0 Å². The van der Waals surface area contributed by atoms with Gasteiger partial charge in [-0.2, -0.15) is 0 Å². The first-order chi connectivity index (χ1) is 13.7. The number of methoxy groups -OCH3 is 2. The van der Waals surface area contributed by atoms with Gasteiger partial charge in [0.2, 0.25) is 0 Å². The van der Waals surface area contributed by atoms with Gasteiger partial charge in [0, 0.05) is 24.3 Å². The zero-order chi connectivity index (χ0) is 21.4. The minimum atomic E-state index is -3.86. The van der Waals surface area contributed by atoms with E-state index < -0.39 is 10.0 Å². The molecule has 0 spiro atoms. The van der Waals surface area contributed by atoms with Crippen molar-refractivity contribution in [2.45, 2.75) is 31.2 Å². The third-order valence-electron chi connectivity index (χ3n) is 3.99. The molecular weight excluding hydrogens is 394 g/mol. The van der Waals surface area contributed by atoms with E-state index in [2.05, 4.69) is 15.4 Å². The number of ether oxygens (including phenoxy) is 2. The van der Waals surface area contributed by atoms with E-state index in [1.54, 1.807) is 24.3 Å². The zero-order valence-electron chi connectivity index (χ0n) is 17.0. The summed E-state index contributed by atoms with van der Waals surface area (Å²) in [5, 5.41) is 5.52. The molecule has 8 nitrogen and oxygen atoms in total. The van der Waals surface area contributed by atoms with Gasteiger partial charge in [-0.25, -0.2) is 13.2 Å². The van der Waals surface area contributed by atoms with Gasteiger partial charge >= 0.3 is 6.03 Å². The molecule has 29 heavy (non-hydrogen) atoms. The van der Waals surface area contributed by atoms with Crippen molar-refractivity contribution in [1.82, 2.24) is 10.6 Å². The number of urea groups is 1. The number of carbonyl (C=O) groups excluding carboxylic acids is 1. The fourth-order valence-corrected chi connectivity index (χ4v) is 3.82. The van der Waals surface area contributed by atoms with Gasteiger partial charge in [-0.1, -0.05) is 12.1 Å². The van der Waals surface area contributed by atoms with Crippen molar-refractivity contribution in [3.8, 4) is 11.5 Å². The molecule has 158 valence electrons. The first-order valence-corrected chi connectivity index (χ1v) is 10.6. The van der Waals surface area contributed by atoms with Gasteiger partial charge in [0.05, 0.1) is 14.2 Å². The fraction of sp³-hybridized carbons (Fsp3) is 0.350. The molecule has 0 aliphatic heterocycles. The molecule has 2 amide bonds. The lowest BCUT2D eigenvalue weighted by Gasteiger charge is -2.13. The molecule has 2 aromatic rings. The van der Waals surface area contributed by atoms with Crippen LogP contribution in [0.5, 0.6) is 11.5 Å². The molecule has 0 heterocycles. The maximum Gasteiger partial charge on any atom is 0.314 e. The molecule has 0 aliphatic rings. The highest BCUT2D eigenvalue weighted by atomic mass is 32.2. The number of nitrogens with one attached hydrogen (secondary N) is 3. The zero-order valence-corrected chi connectivity index (χ0v) is 17.8. The summed E-state index contributed by atoms with van der Waals surface area (Å²) in [7, 11) is -0.990. The van der Waals surface area contributed by atoms with Crippen molar-refractivity contribution < 1.29 is 22.7 Å². The summed E-state index contributed by atoms with van der Waals surface area (Å²) in [5.74, 6) is 0.635. The van der Waals surface area contributed by atoms with E-state index in [1.807, 2.05) is 26.0 Å². The number of anilines is 1. The van der Waals surface area contributed by atoms with E-state index in [4.69, 9.17) is 9.47 Å². The molecule has 0 fully saturated rings. The maximum absolute atomic E-state index is 12.8. The molecule has 0 aromatic heterocycles. The van der Waals surface area contributed by atoms with Crippen molar-refractivity contribution >= 4 is 21.7 Å². The molecular formula is C20H27N3O5S. The third kappa shape index (κ3) is 6.56. The first-order valence-electron chi connectivity index (χ1n) is 9.13. The smallest absolute Gasteiger partial charge is 0.314 e. The third-order valence-corrected chi connectivity index (χ3v) is 5.39. The lowest BCUT2D eigenvalue weighted by Crippen LogP contribution is -2.40. The Labute approximate surface area is 171 Å². The highest BCUT2D eigenvalue weighted by Gasteiger charge is 2.20. The molecule has 2 aromatic carbocycles. The summed E-state index contributed by atoms with van der Waals surface area (Å²) >= 11 is 0. The number of hydrogen-bond acceptors (Lipinski definition) is 5. The average molecular weight is 422 g/mol. The molecule has 0 saturated carbocycles. The number of hydrogen-bond donors (Lipinski definition) is 3. The Morgan fingerprint density at radius 2 is 1.72 bits per heavy atom. The minimum Gasteiger partial charge on any atom is -0.497 e. The van der Waals surface area contributed by atoms with Gasteiger partial charge in [-0.05, 0) is 50.1 Å². The van der Waals surface area contributed by atoms with Gasteiger partial charge in [-0.3, -0.25) is 4.72 Å². The van der Waals surface area contributed by atoms with Crippen LogP contribution in [-0.2, 0) is 16.4 Å².